The van der Waals surface area contributed by atoms with Crippen LogP contribution in [0.25, 0.3) is 0 Å². The number of rotatable bonds is 3. The van der Waals surface area contributed by atoms with E-state index in [1.54, 1.807) is 0 Å². The van der Waals surface area contributed by atoms with Crippen LogP contribution >= 0.6 is 7.52 Å². The first kappa shape index (κ1) is 14.9. The molecule has 0 radical (unpaired) electrons. The van der Waals surface area contributed by atoms with E-state index in [0.29, 0.717) is 13.0 Å². The third kappa shape index (κ3) is 2.81. The van der Waals surface area contributed by atoms with Crippen molar-refractivity contribution in [2.45, 2.75) is 64.8 Å². The molecule has 5 heteroatoms. The highest BCUT2D eigenvalue weighted by Crippen LogP contribution is 2.65. The molecule has 17 heavy (non-hydrogen) atoms. The second kappa shape index (κ2) is 4.49. The van der Waals surface area contributed by atoms with Gasteiger partial charge in [0.2, 0.25) is 0 Å². The number of hydrogen-bond acceptors (Lipinski definition) is 3. The molecule has 0 aromatic rings. The molecule has 0 saturated carbocycles. The Morgan fingerprint density at radius 1 is 1.47 bits per heavy atom. The molecule has 0 N–H and O–H groups in total. The van der Waals surface area contributed by atoms with Crippen LogP contribution in [0.3, 0.4) is 0 Å². The van der Waals surface area contributed by atoms with Crippen LogP contribution in [0.2, 0.25) is 0 Å². The zero-order chi connectivity index (χ0) is 13.5. The lowest BCUT2D eigenvalue weighted by atomic mass is 10.1. The monoisotopic (exact) mass is 261 g/mol. The van der Waals surface area contributed by atoms with E-state index in [9.17, 15) is 9.36 Å². The molecule has 4 nitrogen and oxygen atoms in total. The number of hydrogen-bond donors (Lipinski definition) is 0. The molecule has 1 aliphatic heterocycles. The maximum atomic E-state index is 13.0. The van der Waals surface area contributed by atoms with E-state index < -0.39 is 18.8 Å². The zero-order valence-corrected chi connectivity index (χ0v) is 12.6. The molecular weight excluding hydrogens is 237 g/mol. The predicted molar refractivity (Wildman–Crippen MR) is 69.4 cm³/mol. The van der Waals surface area contributed by atoms with Crippen LogP contribution < -0.4 is 0 Å². The summed E-state index contributed by atoms with van der Waals surface area (Å²) in [5, 5.41) is 0. The van der Waals surface area contributed by atoms with Gasteiger partial charge in [0.15, 0.2) is 0 Å². The van der Waals surface area contributed by atoms with Gasteiger partial charge in [-0.1, -0.05) is 6.92 Å². The topological polar surface area (TPSA) is 46.6 Å². The Hall–Kier alpha value is -0.180. The molecule has 1 rings (SSSR count). The van der Waals surface area contributed by atoms with Gasteiger partial charge in [0.1, 0.15) is 11.9 Å². The third-order valence-corrected chi connectivity index (χ3v) is 6.51. The second-order valence-electron chi connectivity index (χ2n) is 6.26. The van der Waals surface area contributed by atoms with Gasteiger partial charge >= 0.3 is 0 Å². The van der Waals surface area contributed by atoms with Gasteiger partial charge in [0.25, 0.3) is 7.52 Å². The highest BCUT2D eigenvalue weighted by molar-refractivity contribution is 7.58. The van der Waals surface area contributed by atoms with Gasteiger partial charge in [-0.15, -0.1) is 0 Å². The number of carbonyl (C=O) groups is 1. The first-order valence-corrected chi connectivity index (χ1v) is 7.75. The fourth-order valence-corrected chi connectivity index (χ4v) is 5.54. The molecule has 2 atom stereocenters. The van der Waals surface area contributed by atoms with Crippen LogP contribution in [-0.4, -0.2) is 34.3 Å². The Morgan fingerprint density at radius 3 is 2.35 bits per heavy atom. The molecule has 0 aromatic carbocycles. The Bertz CT molecular complexity index is 346. The summed E-state index contributed by atoms with van der Waals surface area (Å²) in [6, 6.07) is 0. The summed E-state index contributed by atoms with van der Waals surface area (Å²) in [4.78, 5) is 11.1. The summed E-state index contributed by atoms with van der Waals surface area (Å²) in [5.74, 6) is 0. The van der Waals surface area contributed by atoms with Crippen LogP contribution in [0.4, 0.5) is 0 Å². The Labute approximate surface area is 104 Å². The van der Waals surface area contributed by atoms with Crippen molar-refractivity contribution >= 4 is 13.8 Å². The van der Waals surface area contributed by atoms with Crippen LogP contribution in [0.1, 0.15) is 48.0 Å². The standard InChI is InChI=1S/C12H24NO3P/c1-7-10(8-14)17(15)13(11(2,3)4)9-12(5,6)16-17/h8,10H,7,9H2,1-6H3. The van der Waals surface area contributed by atoms with Crippen molar-refractivity contribution in [3.05, 3.63) is 0 Å². The van der Waals surface area contributed by atoms with Gasteiger partial charge in [-0.25, -0.2) is 4.67 Å². The lowest BCUT2D eigenvalue weighted by Crippen LogP contribution is -2.41. The average molecular weight is 261 g/mol. The SMILES string of the molecule is CCC(C=O)P1(=O)OC(C)(C)CN1C(C)(C)C. The third-order valence-electron chi connectivity index (χ3n) is 3.01. The van der Waals surface area contributed by atoms with Crippen LogP contribution in [0.15, 0.2) is 0 Å². The number of carbonyl (C=O) groups excluding carboxylic acids is 1. The highest BCUT2D eigenvalue weighted by Gasteiger charge is 2.54. The molecule has 100 valence electrons. The Morgan fingerprint density at radius 2 is 2.00 bits per heavy atom. The van der Waals surface area contributed by atoms with Crippen molar-refractivity contribution in [2.24, 2.45) is 0 Å². The molecule has 1 aliphatic rings. The zero-order valence-electron chi connectivity index (χ0n) is 11.7. The largest absolute Gasteiger partial charge is 0.309 e. The second-order valence-corrected chi connectivity index (χ2v) is 8.71. The minimum absolute atomic E-state index is 0.264. The summed E-state index contributed by atoms with van der Waals surface area (Å²) in [7, 11) is -3.07. The van der Waals surface area contributed by atoms with Crippen molar-refractivity contribution in [3.8, 4) is 0 Å². The van der Waals surface area contributed by atoms with Gasteiger partial charge in [0, 0.05) is 12.1 Å². The molecule has 1 saturated heterocycles. The number of aldehydes is 1. The van der Waals surface area contributed by atoms with E-state index in [0.717, 1.165) is 6.29 Å². The van der Waals surface area contributed by atoms with E-state index in [4.69, 9.17) is 4.52 Å². The molecule has 0 aromatic heterocycles. The fourth-order valence-electron chi connectivity index (χ4n) is 2.20. The van der Waals surface area contributed by atoms with Crippen molar-refractivity contribution < 1.29 is 13.9 Å². The Kier molecular flexibility index (Phi) is 3.93. The molecular formula is C12H24NO3P. The van der Waals surface area contributed by atoms with Gasteiger partial charge in [-0.3, -0.25) is 4.57 Å². The molecule has 0 aliphatic carbocycles. The van der Waals surface area contributed by atoms with Crippen molar-refractivity contribution in [2.75, 3.05) is 6.54 Å². The minimum Gasteiger partial charge on any atom is -0.309 e. The fraction of sp³-hybridized carbons (Fsp3) is 0.917. The quantitative estimate of drug-likeness (QED) is 0.578. The Balaban J connectivity index is 3.19. The van der Waals surface area contributed by atoms with Crippen molar-refractivity contribution in [1.82, 2.24) is 4.67 Å². The first-order chi connectivity index (χ1) is 7.57. The molecule has 0 spiro atoms. The van der Waals surface area contributed by atoms with Crippen molar-refractivity contribution in [3.63, 3.8) is 0 Å². The molecule has 1 fully saturated rings. The lowest BCUT2D eigenvalue weighted by Gasteiger charge is -2.36. The lowest BCUT2D eigenvalue weighted by molar-refractivity contribution is -0.107. The highest BCUT2D eigenvalue weighted by atomic mass is 31.2. The minimum atomic E-state index is -3.07. The van der Waals surface area contributed by atoms with E-state index in [2.05, 4.69) is 0 Å². The van der Waals surface area contributed by atoms with Gasteiger partial charge in [-0.2, -0.15) is 0 Å². The summed E-state index contributed by atoms with van der Waals surface area (Å²) in [6.07, 6.45) is 1.32. The van der Waals surface area contributed by atoms with E-state index in [-0.39, 0.29) is 5.54 Å². The molecule has 0 amide bonds. The van der Waals surface area contributed by atoms with Gasteiger partial charge < -0.3 is 9.32 Å². The van der Waals surface area contributed by atoms with Crippen LogP contribution in [0.5, 0.6) is 0 Å². The van der Waals surface area contributed by atoms with E-state index in [1.165, 1.54) is 0 Å². The summed E-state index contributed by atoms with van der Waals surface area (Å²) in [5.41, 5.74) is -1.25. The van der Waals surface area contributed by atoms with Crippen molar-refractivity contribution in [1.29, 1.82) is 0 Å². The number of nitrogens with zero attached hydrogens (tertiary/aromatic N) is 1. The summed E-state index contributed by atoms with van der Waals surface area (Å²) in [6.45, 7) is 12.3. The maximum absolute atomic E-state index is 13.0. The van der Waals surface area contributed by atoms with Gasteiger partial charge in [0.05, 0.1) is 5.60 Å². The predicted octanol–water partition coefficient (Wildman–Crippen LogP) is 3.07. The maximum Gasteiger partial charge on any atom is 0.283 e. The summed E-state index contributed by atoms with van der Waals surface area (Å²) < 4.78 is 20.7. The normalized spacial score (nSPS) is 31.4. The molecule has 0 bridgehead atoms. The van der Waals surface area contributed by atoms with Crippen LogP contribution in [0, 0.1) is 0 Å². The van der Waals surface area contributed by atoms with Crippen LogP contribution in [-0.2, 0) is 13.9 Å². The van der Waals surface area contributed by atoms with E-state index in [1.807, 2.05) is 46.2 Å². The molecule has 1 heterocycles. The summed E-state index contributed by atoms with van der Waals surface area (Å²) >= 11 is 0. The first-order valence-electron chi connectivity index (χ1n) is 6.11. The smallest absolute Gasteiger partial charge is 0.283 e. The van der Waals surface area contributed by atoms with E-state index >= 15 is 0 Å². The van der Waals surface area contributed by atoms with Gasteiger partial charge in [-0.05, 0) is 41.0 Å². The average Bonchev–Trinajstić information content (AvgIpc) is 2.38. The molecule has 2 unspecified atom stereocenters.